The van der Waals surface area contributed by atoms with Crippen LogP contribution in [-0.2, 0) is 0 Å². The fourth-order valence-corrected chi connectivity index (χ4v) is 2.73. The van der Waals surface area contributed by atoms with Gasteiger partial charge in [-0.3, -0.25) is 0 Å². The van der Waals surface area contributed by atoms with Crippen LogP contribution in [0.1, 0.15) is 18.5 Å². The molecule has 0 aromatic heterocycles. The minimum atomic E-state index is -0.287. The first kappa shape index (κ1) is 18.0. The van der Waals surface area contributed by atoms with Gasteiger partial charge in [0.05, 0.1) is 11.7 Å². The lowest BCUT2D eigenvalue weighted by Gasteiger charge is -2.17. The van der Waals surface area contributed by atoms with Gasteiger partial charge >= 0.3 is 6.03 Å². The second kappa shape index (κ2) is 8.54. The van der Waals surface area contributed by atoms with Crippen molar-refractivity contribution in [2.45, 2.75) is 13.0 Å². The van der Waals surface area contributed by atoms with Crippen LogP contribution in [0.4, 0.5) is 10.5 Å². The van der Waals surface area contributed by atoms with E-state index in [4.69, 9.17) is 4.74 Å². The highest BCUT2D eigenvalue weighted by Crippen LogP contribution is 2.29. The van der Waals surface area contributed by atoms with Gasteiger partial charge in [0, 0.05) is 4.47 Å². The molecule has 0 aliphatic heterocycles. The zero-order valence-corrected chi connectivity index (χ0v) is 15.9. The summed E-state index contributed by atoms with van der Waals surface area (Å²) in [6.45, 7) is 1.94. The Morgan fingerprint density at radius 2 is 1.58 bits per heavy atom. The second-order valence-electron chi connectivity index (χ2n) is 5.78. The number of ether oxygens (including phenoxy) is 1. The van der Waals surface area contributed by atoms with Crippen molar-refractivity contribution >= 4 is 27.6 Å². The predicted molar refractivity (Wildman–Crippen MR) is 108 cm³/mol. The number of hydrogen-bond donors (Lipinski definition) is 2. The van der Waals surface area contributed by atoms with Gasteiger partial charge < -0.3 is 15.4 Å². The van der Waals surface area contributed by atoms with E-state index in [1.54, 1.807) is 0 Å². The Morgan fingerprint density at radius 3 is 2.31 bits per heavy atom. The standard InChI is InChI=1S/C21H19BrN2O2/c1-15(16-11-13-17(22)14-12-16)23-21(25)24-19-9-5-6-10-20(19)26-18-7-3-2-4-8-18/h2-15H,1H3,(H2,23,24,25). The molecule has 1 atom stereocenters. The van der Waals surface area contributed by atoms with Crippen LogP contribution < -0.4 is 15.4 Å². The van der Waals surface area contributed by atoms with E-state index in [0.29, 0.717) is 17.2 Å². The number of benzene rings is 3. The number of halogens is 1. The van der Waals surface area contributed by atoms with E-state index in [-0.39, 0.29) is 12.1 Å². The van der Waals surface area contributed by atoms with E-state index in [1.807, 2.05) is 85.8 Å². The van der Waals surface area contributed by atoms with Crippen molar-refractivity contribution in [3.63, 3.8) is 0 Å². The average molecular weight is 411 g/mol. The number of para-hydroxylation sites is 3. The highest BCUT2D eigenvalue weighted by Gasteiger charge is 2.12. The second-order valence-corrected chi connectivity index (χ2v) is 6.70. The summed E-state index contributed by atoms with van der Waals surface area (Å²) in [7, 11) is 0. The third kappa shape index (κ3) is 4.86. The number of urea groups is 1. The molecule has 0 saturated heterocycles. The Hall–Kier alpha value is -2.79. The Kier molecular flexibility index (Phi) is 5.92. The van der Waals surface area contributed by atoms with Crippen molar-refractivity contribution in [1.82, 2.24) is 5.32 Å². The number of amides is 2. The fraction of sp³-hybridized carbons (Fsp3) is 0.0952. The van der Waals surface area contributed by atoms with Gasteiger partial charge in [-0.1, -0.05) is 58.4 Å². The largest absolute Gasteiger partial charge is 0.455 e. The molecule has 0 aliphatic carbocycles. The molecule has 0 heterocycles. The van der Waals surface area contributed by atoms with Crippen LogP contribution in [0.3, 0.4) is 0 Å². The third-order valence-corrected chi connectivity index (χ3v) is 4.35. The topological polar surface area (TPSA) is 50.4 Å². The summed E-state index contributed by atoms with van der Waals surface area (Å²) in [5.74, 6) is 1.30. The van der Waals surface area contributed by atoms with Gasteiger partial charge in [-0.2, -0.15) is 0 Å². The molecule has 26 heavy (non-hydrogen) atoms. The smallest absolute Gasteiger partial charge is 0.319 e. The lowest BCUT2D eigenvalue weighted by molar-refractivity contribution is 0.249. The predicted octanol–water partition coefficient (Wildman–Crippen LogP) is 6.12. The van der Waals surface area contributed by atoms with Crippen LogP contribution >= 0.6 is 15.9 Å². The molecule has 3 rings (SSSR count). The zero-order chi connectivity index (χ0) is 18.4. The van der Waals surface area contributed by atoms with Gasteiger partial charge in [0.2, 0.25) is 0 Å². The SMILES string of the molecule is CC(NC(=O)Nc1ccccc1Oc1ccccc1)c1ccc(Br)cc1. The average Bonchev–Trinajstić information content (AvgIpc) is 2.64. The molecule has 3 aromatic carbocycles. The molecule has 132 valence electrons. The highest BCUT2D eigenvalue weighted by molar-refractivity contribution is 9.10. The summed E-state index contributed by atoms with van der Waals surface area (Å²) < 4.78 is 6.87. The minimum absolute atomic E-state index is 0.120. The molecule has 4 nitrogen and oxygen atoms in total. The summed E-state index contributed by atoms with van der Waals surface area (Å²) in [6.07, 6.45) is 0. The fourth-order valence-electron chi connectivity index (χ4n) is 2.46. The Balaban J connectivity index is 1.66. The van der Waals surface area contributed by atoms with E-state index in [9.17, 15) is 4.79 Å². The van der Waals surface area contributed by atoms with Crippen molar-refractivity contribution in [2.24, 2.45) is 0 Å². The minimum Gasteiger partial charge on any atom is -0.455 e. The van der Waals surface area contributed by atoms with Crippen molar-refractivity contribution in [1.29, 1.82) is 0 Å². The maximum atomic E-state index is 12.4. The molecule has 1 unspecified atom stereocenters. The molecule has 2 N–H and O–H groups in total. The quantitative estimate of drug-likeness (QED) is 0.531. The molecule has 0 fully saturated rings. The summed E-state index contributed by atoms with van der Waals surface area (Å²) >= 11 is 3.41. The van der Waals surface area contributed by atoms with Crippen molar-refractivity contribution in [3.8, 4) is 11.5 Å². The normalized spacial score (nSPS) is 11.5. The molecule has 5 heteroatoms. The summed E-state index contributed by atoms with van der Waals surface area (Å²) in [4.78, 5) is 12.4. The Morgan fingerprint density at radius 1 is 0.923 bits per heavy atom. The van der Waals surface area contributed by atoms with E-state index >= 15 is 0 Å². The van der Waals surface area contributed by atoms with Gasteiger partial charge in [-0.15, -0.1) is 0 Å². The van der Waals surface area contributed by atoms with Gasteiger partial charge in [-0.05, 0) is 48.9 Å². The highest BCUT2D eigenvalue weighted by atomic mass is 79.9. The summed E-state index contributed by atoms with van der Waals surface area (Å²) in [5, 5.41) is 5.79. The first-order valence-electron chi connectivity index (χ1n) is 8.27. The Labute approximate surface area is 161 Å². The molecule has 2 amide bonds. The number of carbonyl (C=O) groups excluding carboxylic acids is 1. The van der Waals surface area contributed by atoms with Gasteiger partial charge in [-0.25, -0.2) is 4.79 Å². The monoisotopic (exact) mass is 410 g/mol. The molecule has 0 bridgehead atoms. The lowest BCUT2D eigenvalue weighted by atomic mass is 10.1. The molecular weight excluding hydrogens is 392 g/mol. The molecule has 0 aliphatic rings. The van der Waals surface area contributed by atoms with Crippen molar-refractivity contribution in [2.75, 3.05) is 5.32 Å². The molecule has 0 radical (unpaired) electrons. The number of carbonyl (C=O) groups is 1. The van der Waals surface area contributed by atoms with Gasteiger partial charge in [0.15, 0.2) is 5.75 Å². The van der Waals surface area contributed by atoms with Gasteiger partial charge in [0.25, 0.3) is 0 Å². The Bertz CT molecular complexity index is 867. The zero-order valence-electron chi connectivity index (χ0n) is 14.3. The molecule has 3 aromatic rings. The number of nitrogens with one attached hydrogen (secondary N) is 2. The van der Waals surface area contributed by atoms with Crippen LogP contribution in [0.25, 0.3) is 0 Å². The summed E-state index contributed by atoms with van der Waals surface area (Å²) in [6, 6.07) is 24.3. The van der Waals surface area contributed by atoms with E-state index < -0.39 is 0 Å². The van der Waals surface area contributed by atoms with Crippen LogP contribution in [0.5, 0.6) is 11.5 Å². The first-order valence-corrected chi connectivity index (χ1v) is 9.06. The molecule has 0 saturated carbocycles. The van der Waals surface area contributed by atoms with E-state index in [1.165, 1.54) is 0 Å². The van der Waals surface area contributed by atoms with Crippen molar-refractivity contribution in [3.05, 3.63) is 88.9 Å². The maximum Gasteiger partial charge on any atom is 0.319 e. The van der Waals surface area contributed by atoms with Crippen LogP contribution in [0, 0.1) is 0 Å². The number of hydrogen-bond acceptors (Lipinski definition) is 2. The van der Waals surface area contributed by atoms with Crippen molar-refractivity contribution < 1.29 is 9.53 Å². The third-order valence-electron chi connectivity index (χ3n) is 3.82. The van der Waals surface area contributed by atoms with E-state index in [2.05, 4.69) is 26.6 Å². The molecule has 0 spiro atoms. The van der Waals surface area contributed by atoms with Crippen LogP contribution in [0.2, 0.25) is 0 Å². The number of anilines is 1. The van der Waals surface area contributed by atoms with Gasteiger partial charge in [0.1, 0.15) is 5.75 Å². The molecular formula is C21H19BrN2O2. The first-order chi connectivity index (χ1) is 12.6. The maximum absolute atomic E-state index is 12.4. The van der Waals surface area contributed by atoms with Crippen LogP contribution in [0.15, 0.2) is 83.3 Å². The number of rotatable bonds is 5. The van der Waals surface area contributed by atoms with E-state index in [0.717, 1.165) is 10.0 Å². The lowest BCUT2D eigenvalue weighted by Crippen LogP contribution is -2.31. The summed E-state index contributed by atoms with van der Waals surface area (Å²) in [5.41, 5.74) is 1.63. The van der Waals surface area contributed by atoms with Crippen LogP contribution in [-0.4, -0.2) is 6.03 Å².